The number of para-hydroxylation sites is 3. The molecule has 0 radical (unpaired) electrons. The minimum Gasteiger partial charge on any atom is -0.477 e. The van der Waals surface area contributed by atoms with Crippen molar-refractivity contribution in [2.24, 2.45) is 0 Å². The van der Waals surface area contributed by atoms with E-state index in [9.17, 15) is 4.79 Å². The van der Waals surface area contributed by atoms with Crippen molar-refractivity contribution in [2.45, 2.75) is 13.0 Å². The maximum atomic E-state index is 12.6. The van der Waals surface area contributed by atoms with Gasteiger partial charge in [0.1, 0.15) is 5.75 Å². The Morgan fingerprint density at radius 3 is 2.71 bits per heavy atom. The monoisotopic (exact) mass is 282 g/mol. The van der Waals surface area contributed by atoms with Gasteiger partial charge >= 0.3 is 0 Å². The van der Waals surface area contributed by atoms with Gasteiger partial charge in [-0.1, -0.05) is 30.3 Å². The Balaban J connectivity index is 1.79. The summed E-state index contributed by atoms with van der Waals surface area (Å²) in [4.78, 5) is 14.3. The van der Waals surface area contributed by atoms with Gasteiger partial charge in [0.05, 0.1) is 12.2 Å². The summed E-state index contributed by atoms with van der Waals surface area (Å²) in [5.41, 5.74) is 2.91. The van der Waals surface area contributed by atoms with Gasteiger partial charge in [-0.25, -0.2) is 0 Å². The maximum absolute atomic E-state index is 12.6. The molecule has 4 nitrogen and oxygen atoms in total. The van der Waals surface area contributed by atoms with Crippen LogP contribution < -0.4 is 15.0 Å². The first kappa shape index (κ1) is 13.5. The minimum atomic E-state index is -0.510. The van der Waals surface area contributed by atoms with E-state index in [1.54, 1.807) is 11.9 Å². The number of hydrogen-bond acceptors (Lipinski definition) is 3. The molecule has 1 aliphatic rings. The van der Waals surface area contributed by atoms with Crippen molar-refractivity contribution in [3.8, 4) is 5.75 Å². The molecular weight excluding hydrogens is 264 g/mol. The number of likely N-dealkylation sites (N-methyl/N-ethyl adjacent to an activating group) is 1. The van der Waals surface area contributed by atoms with Crippen LogP contribution in [0.1, 0.15) is 5.56 Å². The van der Waals surface area contributed by atoms with E-state index in [2.05, 4.69) is 5.32 Å². The molecule has 108 valence electrons. The van der Waals surface area contributed by atoms with Gasteiger partial charge in [-0.05, 0) is 30.7 Å². The second-order valence-corrected chi connectivity index (χ2v) is 5.17. The van der Waals surface area contributed by atoms with Gasteiger partial charge in [0, 0.05) is 12.7 Å². The SMILES string of the molecule is Cc1ccccc1N(C)C(=O)C1CNc2ccccc2O1. The first-order chi connectivity index (χ1) is 10.2. The third kappa shape index (κ3) is 2.57. The molecule has 1 heterocycles. The van der Waals surface area contributed by atoms with Crippen LogP contribution >= 0.6 is 0 Å². The fraction of sp³-hybridized carbons (Fsp3) is 0.235. The largest absolute Gasteiger partial charge is 0.477 e. The molecule has 0 saturated carbocycles. The Morgan fingerprint density at radius 2 is 1.90 bits per heavy atom. The lowest BCUT2D eigenvalue weighted by Crippen LogP contribution is -2.45. The van der Waals surface area contributed by atoms with Crippen molar-refractivity contribution in [1.29, 1.82) is 0 Å². The maximum Gasteiger partial charge on any atom is 0.269 e. The van der Waals surface area contributed by atoms with Gasteiger partial charge in [-0.2, -0.15) is 0 Å². The number of ether oxygens (including phenoxy) is 1. The number of anilines is 2. The smallest absolute Gasteiger partial charge is 0.269 e. The Bertz CT molecular complexity index is 669. The second-order valence-electron chi connectivity index (χ2n) is 5.17. The van der Waals surface area contributed by atoms with E-state index < -0.39 is 6.10 Å². The summed E-state index contributed by atoms with van der Waals surface area (Å²) in [6.07, 6.45) is -0.510. The molecule has 1 N–H and O–H groups in total. The lowest BCUT2D eigenvalue weighted by Gasteiger charge is -2.30. The van der Waals surface area contributed by atoms with Gasteiger partial charge in [0.15, 0.2) is 6.10 Å². The summed E-state index contributed by atoms with van der Waals surface area (Å²) in [7, 11) is 1.79. The predicted octanol–water partition coefficient (Wildman–Crippen LogP) is 2.83. The molecule has 0 fully saturated rings. The van der Waals surface area contributed by atoms with Crippen LogP contribution in [0, 0.1) is 6.92 Å². The van der Waals surface area contributed by atoms with Crippen LogP contribution in [0.4, 0.5) is 11.4 Å². The Labute approximate surface area is 124 Å². The van der Waals surface area contributed by atoms with E-state index in [-0.39, 0.29) is 5.91 Å². The topological polar surface area (TPSA) is 41.6 Å². The van der Waals surface area contributed by atoms with Crippen molar-refractivity contribution in [3.05, 3.63) is 54.1 Å². The quantitative estimate of drug-likeness (QED) is 0.921. The minimum absolute atomic E-state index is 0.0497. The summed E-state index contributed by atoms with van der Waals surface area (Å²) in [6.45, 7) is 2.47. The van der Waals surface area contributed by atoms with Crippen molar-refractivity contribution in [1.82, 2.24) is 0 Å². The fourth-order valence-corrected chi connectivity index (χ4v) is 2.53. The van der Waals surface area contributed by atoms with Gasteiger partial charge in [0.2, 0.25) is 0 Å². The van der Waals surface area contributed by atoms with Crippen molar-refractivity contribution in [3.63, 3.8) is 0 Å². The molecule has 0 aromatic heterocycles. The highest BCUT2D eigenvalue weighted by atomic mass is 16.5. The van der Waals surface area contributed by atoms with Gasteiger partial charge in [0.25, 0.3) is 5.91 Å². The molecule has 21 heavy (non-hydrogen) atoms. The highest BCUT2D eigenvalue weighted by Gasteiger charge is 2.29. The van der Waals surface area contributed by atoms with Crippen LogP contribution in [0.25, 0.3) is 0 Å². The number of rotatable bonds is 2. The molecule has 2 aromatic carbocycles. The molecule has 2 aromatic rings. The summed E-state index contributed by atoms with van der Waals surface area (Å²) in [5.74, 6) is 0.673. The average molecular weight is 282 g/mol. The molecule has 0 spiro atoms. The first-order valence-corrected chi connectivity index (χ1v) is 6.99. The Hall–Kier alpha value is -2.49. The van der Waals surface area contributed by atoms with E-state index in [0.717, 1.165) is 22.7 Å². The van der Waals surface area contributed by atoms with Crippen LogP contribution in [0.3, 0.4) is 0 Å². The standard InChI is InChI=1S/C17H18N2O2/c1-12-7-3-5-9-14(12)19(2)17(20)16-11-18-13-8-4-6-10-15(13)21-16/h3-10,16,18H,11H2,1-2H3. The summed E-state index contributed by atoms with van der Waals surface area (Å²) < 4.78 is 5.82. The molecule has 1 aliphatic heterocycles. The van der Waals surface area contributed by atoms with Gasteiger partial charge < -0.3 is 15.0 Å². The fourth-order valence-electron chi connectivity index (χ4n) is 2.53. The van der Waals surface area contributed by atoms with Crippen LogP contribution in [-0.4, -0.2) is 25.6 Å². The molecule has 1 atom stereocenters. The predicted molar refractivity (Wildman–Crippen MR) is 83.9 cm³/mol. The number of fused-ring (bicyclic) bond motifs is 1. The molecule has 1 unspecified atom stereocenters. The van der Waals surface area contributed by atoms with E-state index >= 15 is 0 Å². The third-order valence-electron chi connectivity index (χ3n) is 3.72. The number of amides is 1. The van der Waals surface area contributed by atoms with Gasteiger partial charge in [-0.15, -0.1) is 0 Å². The number of hydrogen-bond donors (Lipinski definition) is 1. The normalized spacial score (nSPS) is 16.4. The van der Waals surface area contributed by atoms with Crippen LogP contribution in [0.5, 0.6) is 5.75 Å². The Kier molecular flexibility index (Phi) is 3.52. The van der Waals surface area contributed by atoms with E-state index in [4.69, 9.17) is 4.74 Å². The molecular formula is C17H18N2O2. The van der Waals surface area contributed by atoms with Crippen LogP contribution in [0.15, 0.2) is 48.5 Å². The van der Waals surface area contributed by atoms with Crippen molar-refractivity contribution in [2.75, 3.05) is 23.8 Å². The molecule has 0 aliphatic carbocycles. The molecule has 4 heteroatoms. The zero-order chi connectivity index (χ0) is 14.8. The summed E-state index contributed by atoms with van der Waals surface area (Å²) in [6, 6.07) is 15.5. The first-order valence-electron chi connectivity index (χ1n) is 6.99. The number of nitrogens with one attached hydrogen (secondary N) is 1. The van der Waals surface area contributed by atoms with Gasteiger partial charge in [-0.3, -0.25) is 4.79 Å². The lowest BCUT2D eigenvalue weighted by atomic mass is 10.1. The highest BCUT2D eigenvalue weighted by molar-refractivity contribution is 5.97. The average Bonchev–Trinajstić information content (AvgIpc) is 2.53. The van der Waals surface area contributed by atoms with E-state index in [1.807, 2.05) is 55.5 Å². The zero-order valence-electron chi connectivity index (χ0n) is 12.2. The van der Waals surface area contributed by atoms with Crippen LogP contribution in [-0.2, 0) is 4.79 Å². The van der Waals surface area contributed by atoms with Crippen molar-refractivity contribution < 1.29 is 9.53 Å². The number of benzene rings is 2. The molecule has 0 bridgehead atoms. The molecule has 0 saturated heterocycles. The van der Waals surface area contributed by atoms with E-state index in [1.165, 1.54) is 0 Å². The van der Waals surface area contributed by atoms with Crippen LogP contribution in [0.2, 0.25) is 0 Å². The molecule has 1 amide bonds. The van der Waals surface area contributed by atoms with Crippen molar-refractivity contribution >= 4 is 17.3 Å². The Morgan fingerprint density at radius 1 is 1.19 bits per heavy atom. The summed E-state index contributed by atoms with van der Waals surface area (Å²) in [5, 5.41) is 3.24. The number of aryl methyl sites for hydroxylation is 1. The molecule has 3 rings (SSSR count). The lowest BCUT2D eigenvalue weighted by molar-refractivity contribution is -0.124. The zero-order valence-corrected chi connectivity index (χ0v) is 12.2. The number of carbonyl (C=O) groups excluding carboxylic acids is 1. The van der Waals surface area contributed by atoms with E-state index in [0.29, 0.717) is 6.54 Å². The second kappa shape index (κ2) is 5.48. The number of carbonyl (C=O) groups is 1. The third-order valence-corrected chi connectivity index (χ3v) is 3.72. The highest BCUT2D eigenvalue weighted by Crippen LogP contribution is 2.29. The summed E-state index contributed by atoms with van der Waals surface area (Å²) >= 11 is 0. The number of nitrogens with zero attached hydrogens (tertiary/aromatic N) is 1.